The highest BCUT2D eigenvalue weighted by Crippen LogP contribution is 2.45. The van der Waals surface area contributed by atoms with E-state index in [4.69, 9.17) is 0 Å². The van der Waals surface area contributed by atoms with Gasteiger partial charge in [-0.15, -0.1) is 0 Å². The maximum atomic E-state index is 2.39. The molecule has 0 saturated carbocycles. The summed E-state index contributed by atoms with van der Waals surface area (Å²) in [6.07, 6.45) is 0. The van der Waals surface area contributed by atoms with Gasteiger partial charge in [-0.2, -0.15) is 0 Å². The van der Waals surface area contributed by atoms with Crippen LogP contribution in [0.4, 0.5) is 0 Å². The van der Waals surface area contributed by atoms with Crippen LogP contribution in [0, 0.1) is 13.8 Å². The molecule has 0 fully saturated rings. The van der Waals surface area contributed by atoms with Gasteiger partial charge in [0.25, 0.3) is 0 Å². The molecule has 0 radical (unpaired) electrons. The minimum atomic E-state index is 1.17. The highest BCUT2D eigenvalue weighted by Gasteiger charge is 2.18. The van der Waals surface area contributed by atoms with Crippen molar-refractivity contribution in [3.8, 4) is 61.3 Å². The lowest BCUT2D eigenvalue weighted by atomic mass is 9.84. The second kappa shape index (κ2) is 14.2. The molecule has 0 unspecified atom stereocenters. The molecule has 0 aliphatic heterocycles. The topological polar surface area (TPSA) is 4.93 Å². The van der Waals surface area contributed by atoms with Crippen LogP contribution in [-0.4, -0.2) is 4.57 Å². The number of hydrogen-bond acceptors (Lipinski definition) is 0. The summed E-state index contributed by atoms with van der Waals surface area (Å²) in [7, 11) is 0. The summed E-state index contributed by atoms with van der Waals surface area (Å²) in [5, 5.41) is 7.66. The Balaban J connectivity index is 0.977. The first-order valence-corrected chi connectivity index (χ1v) is 20.5. The molecule has 0 bridgehead atoms. The second-order valence-electron chi connectivity index (χ2n) is 15.9. The molecule has 278 valence electrons. The molecular weight excluding hydrogens is 711 g/mol. The Morgan fingerprint density at radius 1 is 0.254 bits per heavy atom. The zero-order valence-corrected chi connectivity index (χ0v) is 33.2. The maximum Gasteiger partial charge on any atom is 0.0541 e. The van der Waals surface area contributed by atoms with E-state index in [1.54, 1.807) is 0 Å². The van der Waals surface area contributed by atoms with E-state index >= 15 is 0 Å². The fourth-order valence-corrected chi connectivity index (χ4v) is 9.24. The van der Waals surface area contributed by atoms with Gasteiger partial charge in [-0.25, -0.2) is 0 Å². The first kappa shape index (κ1) is 34.7. The number of fused-ring (bicyclic) bond motifs is 5. The van der Waals surface area contributed by atoms with Gasteiger partial charge in [0, 0.05) is 16.5 Å². The van der Waals surface area contributed by atoms with Gasteiger partial charge in [0.05, 0.1) is 11.0 Å². The van der Waals surface area contributed by atoms with Crippen LogP contribution < -0.4 is 0 Å². The molecule has 1 aromatic heterocycles. The van der Waals surface area contributed by atoms with Crippen molar-refractivity contribution in [1.29, 1.82) is 0 Å². The zero-order chi connectivity index (χ0) is 39.5. The van der Waals surface area contributed by atoms with E-state index in [1.165, 1.54) is 116 Å². The van der Waals surface area contributed by atoms with Crippen LogP contribution in [0.5, 0.6) is 0 Å². The molecule has 11 aromatic rings. The second-order valence-corrected chi connectivity index (χ2v) is 15.9. The fraction of sp³-hybridized carbons (Fsp3) is 0.0345. The Kier molecular flexibility index (Phi) is 8.34. The Morgan fingerprint density at radius 3 is 1.08 bits per heavy atom. The lowest BCUT2D eigenvalue weighted by Crippen LogP contribution is -1.93. The number of para-hydroxylation sites is 1. The van der Waals surface area contributed by atoms with Gasteiger partial charge in [-0.1, -0.05) is 187 Å². The summed E-state index contributed by atoms with van der Waals surface area (Å²) in [4.78, 5) is 0. The Labute approximate surface area is 345 Å². The summed E-state index contributed by atoms with van der Waals surface area (Å²) >= 11 is 0. The smallest absolute Gasteiger partial charge is 0.0541 e. The van der Waals surface area contributed by atoms with Crippen molar-refractivity contribution in [2.45, 2.75) is 13.8 Å². The molecule has 1 nitrogen and oxygen atoms in total. The van der Waals surface area contributed by atoms with Gasteiger partial charge in [0.1, 0.15) is 0 Å². The quantitative estimate of drug-likeness (QED) is 0.149. The molecule has 0 N–H and O–H groups in total. The van der Waals surface area contributed by atoms with Gasteiger partial charge in [-0.3, -0.25) is 0 Å². The summed E-state index contributed by atoms with van der Waals surface area (Å²) in [6.45, 7) is 4.39. The van der Waals surface area contributed by atoms with Crippen LogP contribution in [0.3, 0.4) is 0 Å². The summed E-state index contributed by atoms with van der Waals surface area (Å²) in [6, 6.07) is 78.1. The minimum absolute atomic E-state index is 1.17. The van der Waals surface area contributed by atoms with Crippen molar-refractivity contribution in [2.75, 3.05) is 0 Å². The zero-order valence-electron chi connectivity index (χ0n) is 33.2. The standard InChI is InChI=1S/C58H41N/c1-38-19-31-50-53(34-38)57(44-14-8-4-9-15-44)49-30-18-39(2)35-54(49)58(50)45-26-24-42(25-27-45)41-20-22-43(23-21-41)47-29-33-56-52(37-47)51-36-46(40-12-6-3-7-13-40)28-32-55(51)59(56)48-16-10-5-11-17-48/h3-37H,1-2H3. The van der Waals surface area contributed by atoms with Crippen molar-refractivity contribution in [2.24, 2.45) is 0 Å². The van der Waals surface area contributed by atoms with E-state index in [0.717, 1.165) is 0 Å². The van der Waals surface area contributed by atoms with E-state index in [9.17, 15) is 0 Å². The van der Waals surface area contributed by atoms with E-state index < -0.39 is 0 Å². The van der Waals surface area contributed by atoms with Crippen LogP contribution in [0.25, 0.3) is 105 Å². The molecular formula is C58H41N. The van der Waals surface area contributed by atoms with Crippen LogP contribution in [0.2, 0.25) is 0 Å². The molecule has 0 aliphatic carbocycles. The van der Waals surface area contributed by atoms with Crippen LogP contribution >= 0.6 is 0 Å². The molecule has 0 atom stereocenters. The van der Waals surface area contributed by atoms with Crippen molar-refractivity contribution < 1.29 is 0 Å². The lowest BCUT2D eigenvalue weighted by molar-refractivity contribution is 1.18. The Morgan fingerprint density at radius 2 is 0.610 bits per heavy atom. The molecule has 1 heterocycles. The van der Waals surface area contributed by atoms with Gasteiger partial charge >= 0.3 is 0 Å². The van der Waals surface area contributed by atoms with Gasteiger partial charge in [0.15, 0.2) is 0 Å². The Hall–Kier alpha value is -7.48. The van der Waals surface area contributed by atoms with E-state index in [2.05, 4.69) is 231 Å². The van der Waals surface area contributed by atoms with Crippen molar-refractivity contribution in [3.05, 3.63) is 223 Å². The number of aromatic nitrogens is 1. The van der Waals surface area contributed by atoms with Crippen molar-refractivity contribution >= 4 is 43.4 Å². The summed E-state index contributed by atoms with van der Waals surface area (Å²) in [5.41, 5.74) is 18.5. The largest absolute Gasteiger partial charge is 0.309 e. The third kappa shape index (κ3) is 6.02. The molecule has 10 aromatic carbocycles. The van der Waals surface area contributed by atoms with E-state index in [1.807, 2.05) is 0 Å². The van der Waals surface area contributed by atoms with E-state index in [0.29, 0.717) is 0 Å². The van der Waals surface area contributed by atoms with Gasteiger partial charge in [0.2, 0.25) is 0 Å². The lowest BCUT2D eigenvalue weighted by Gasteiger charge is -2.19. The summed E-state index contributed by atoms with van der Waals surface area (Å²) < 4.78 is 2.39. The SMILES string of the molecule is Cc1ccc2c(-c3ccc(-c4ccc(-c5ccc6c(c5)c5cc(-c7ccccc7)ccc5n6-c5ccccc5)cc4)cc3)c3cc(C)ccc3c(-c3ccccc3)c2c1. The predicted octanol–water partition coefficient (Wildman–Crippen LogP) is 16.0. The predicted molar refractivity (Wildman–Crippen MR) is 252 cm³/mol. The van der Waals surface area contributed by atoms with Crippen LogP contribution in [-0.2, 0) is 0 Å². The molecule has 0 aliphatic rings. The molecule has 59 heavy (non-hydrogen) atoms. The molecule has 0 spiro atoms. The van der Waals surface area contributed by atoms with Crippen molar-refractivity contribution in [1.82, 2.24) is 4.57 Å². The minimum Gasteiger partial charge on any atom is -0.309 e. The fourth-order valence-electron chi connectivity index (χ4n) is 9.24. The van der Waals surface area contributed by atoms with Crippen LogP contribution in [0.1, 0.15) is 11.1 Å². The number of benzene rings is 10. The highest BCUT2D eigenvalue weighted by atomic mass is 15.0. The molecule has 0 amide bonds. The monoisotopic (exact) mass is 751 g/mol. The molecule has 11 rings (SSSR count). The van der Waals surface area contributed by atoms with E-state index in [-0.39, 0.29) is 0 Å². The summed E-state index contributed by atoms with van der Waals surface area (Å²) in [5.74, 6) is 0. The molecule has 1 heteroatoms. The number of nitrogens with zero attached hydrogens (tertiary/aromatic N) is 1. The normalized spacial score (nSPS) is 11.6. The Bertz CT molecular complexity index is 3340. The number of aryl methyl sites for hydroxylation is 2. The van der Waals surface area contributed by atoms with Gasteiger partial charge < -0.3 is 4.57 Å². The average molecular weight is 752 g/mol. The first-order valence-electron chi connectivity index (χ1n) is 20.5. The molecule has 0 saturated heterocycles. The number of hydrogen-bond donors (Lipinski definition) is 0. The first-order chi connectivity index (χ1) is 29.1. The van der Waals surface area contributed by atoms with Crippen LogP contribution in [0.15, 0.2) is 212 Å². The third-order valence-electron chi connectivity index (χ3n) is 12.1. The van der Waals surface area contributed by atoms with Gasteiger partial charge in [-0.05, 0) is 127 Å². The average Bonchev–Trinajstić information content (AvgIpc) is 3.62. The maximum absolute atomic E-state index is 2.39. The number of rotatable bonds is 6. The highest BCUT2D eigenvalue weighted by molar-refractivity contribution is 6.21. The third-order valence-corrected chi connectivity index (χ3v) is 12.1. The van der Waals surface area contributed by atoms with Crippen molar-refractivity contribution in [3.63, 3.8) is 0 Å².